The van der Waals surface area contributed by atoms with E-state index in [4.69, 9.17) is 23.2 Å². The van der Waals surface area contributed by atoms with Gasteiger partial charge in [-0.15, -0.1) is 0 Å². The monoisotopic (exact) mass is 462 g/mol. The van der Waals surface area contributed by atoms with Gasteiger partial charge in [-0.1, -0.05) is 29.3 Å². The molecule has 1 unspecified atom stereocenters. The maximum atomic E-state index is 13.1. The lowest BCUT2D eigenvalue weighted by Gasteiger charge is -2.35. The minimum atomic E-state index is -1.37. The van der Waals surface area contributed by atoms with Crippen LogP contribution in [-0.4, -0.2) is 70.3 Å². The number of hydrogen-bond donors (Lipinski definition) is 1. The van der Waals surface area contributed by atoms with Crippen molar-refractivity contribution in [2.75, 3.05) is 37.6 Å². The summed E-state index contributed by atoms with van der Waals surface area (Å²) in [6.45, 7) is 3.24. The van der Waals surface area contributed by atoms with E-state index < -0.39 is 17.5 Å². The van der Waals surface area contributed by atoms with E-state index in [0.29, 0.717) is 42.7 Å². The van der Waals surface area contributed by atoms with Crippen molar-refractivity contribution in [3.63, 3.8) is 0 Å². The fourth-order valence-electron chi connectivity index (χ4n) is 3.76. The molecule has 11 heteroatoms. The number of carbonyl (C=O) groups is 3. The second kappa shape index (κ2) is 8.32. The van der Waals surface area contributed by atoms with Gasteiger partial charge in [0, 0.05) is 54.2 Å². The molecular weight excluding hydrogens is 443 g/mol. The van der Waals surface area contributed by atoms with E-state index in [1.165, 1.54) is 6.07 Å². The minimum absolute atomic E-state index is 0.260. The van der Waals surface area contributed by atoms with Gasteiger partial charge in [0.2, 0.25) is 11.9 Å². The molecule has 1 aromatic heterocycles. The number of carbonyl (C=O) groups excluding carboxylic acids is 3. The van der Waals surface area contributed by atoms with Crippen LogP contribution in [0, 0.1) is 0 Å². The van der Waals surface area contributed by atoms with E-state index in [-0.39, 0.29) is 17.5 Å². The SMILES string of the molecule is CC1(c2ccc(Cl)cc2Cl)NC(=O)N(CC(=O)N2CCN(c3ncccn3)CC2)C1=O. The largest absolute Gasteiger partial charge is 0.338 e. The second-order valence-electron chi connectivity index (χ2n) is 7.49. The highest BCUT2D eigenvalue weighted by molar-refractivity contribution is 6.35. The Labute approximate surface area is 188 Å². The van der Waals surface area contributed by atoms with Gasteiger partial charge < -0.3 is 15.1 Å². The lowest BCUT2D eigenvalue weighted by atomic mass is 9.92. The predicted molar refractivity (Wildman–Crippen MR) is 115 cm³/mol. The summed E-state index contributed by atoms with van der Waals surface area (Å²) in [4.78, 5) is 51.4. The molecule has 2 aliphatic rings. The van der Waals surface area contributed by atoms with Crippen LogP contribution in [0.25, 0.3) is 0 Å². The van der Waals surface area contributed by atoms with Crippen molar-refractivity contribution >= 4 is 47.0 Å². The maximum Gasteiger partial charge on any atom is 0.325 e. The van der Waals surface area contributed by atoms with Crippen molar-refractivity contribution in [1.29, 1.82) is 0 Å². The molecule has 1 atom stereocenters. The zero-order valence-corrected chi connectivity index (χ0v) is 18.2. The van der Waals surface area contributed by atoms with Crippen LogP contribution in [0.15, 0.2) is 36.7 Å². The fourth-order valence-corrected chi connectivity index (χ4v) is 4.36. The molecule has 0 aliphatic carbocycles. The number of nitrogens with one attached hydrogen (secondary N) is 1. The Hall–Kier alpha value is -2.91. The summed E-state index contributed by atoms with van der Waals surface area (Å²) < 4.78 is 0. The van der Waals surface area contributed by atoms with Gasteiger partial charge in [0.15, 0.2) is 0 Å². The molecule has 2 saturated heterocycles. The lowest BCUT2D eigenvalue weighted by Crippen LogP contribution is -2.52. The summed E-state index contributed by atoms with van der Waals surface area (Å²) in [6.07, 6.45) is 3.34. The van der Waals surface area contributed by atoms with Crippen molar-refractivity contribution in [3.8, 4) is 0 Å². The molecule has 4 rings (SSSR count). The van der Waals surface area contributed by atoms with E-state index in [0.717, 1.165) is 4.90 Å². The highest BCUT2D eigenvalue weighted by Gasteiger charge is 2.50. The first kappa shape index (κ1) is 21.3. The second-order valence-corrected chi connectivity index (χ2v) is 8.33. The molecule has 1 N–H and O–H groups in total. The Bertz CT molecular complexity index is 1030. The number of urea groups is 1. The van der Waals surface area contributed by atoms with Gasteiger partial charge in [0.25, 0.3) is 5.91 Å². The molecule has 2 fully saturated rings. The van der Waals surface area contributed by atoms with Crippen LogP contribution in [0.5, 0.6) is 0 Å². The number of imide groups is 1. The third kappa shape index (κ3) is 4.03. The molecule has 3 heterocycles. The van der Waals surface area contributed by atoms with E-state index in [2.05, 4.69) is 15.3 Å². The third-order valence-corrected chi connectivity index (χ3v) is 6.05. The molecular formula is C20H20Cl2N6O3. The summed E-state index contributed by atoms with van der Waals surface area (Å²) in [5.74, 6) is -0.228. The van der Waals surface area contributed by atoms with Crippen LogP contribution >= 0.6 is 23.2 Å². The molecule has 0 radical (unpaired) electrons. The maximum absolute atomic E-state index is 13.1. The highest BCUT2D eigenvalue weighted by atomic mass is 35.5. The zero-order valence-electron chi connectivity index (χ0n) is 16.7. The number of benzene rings is 1. The fraction of sp³-hybridized carbons (Fsp3) is 0.350. The number of halogens is 2. The Balaban J connectivity index is 1.42. The van der Waals surface area contributed by atoms with Crippen molar-refractivity contribution in [3.05, 3.63) is 52.3 Å². The summed E-state index contributed by atoms with van der Waals surface area (Å²) >= 11 is 12.2. The minimum Gasteiger partial charge on any atom is -0.338 e. The van der Waals surface area contributed by atoms with Crippen LogP contribution in [0.3, 0.4) is 0 Å². The molecule has 162 valence electrons. The van der Waals surface area contributed by atoms with Crippen molar-refractivity contribution in [1.82, 2.24) is 25.1 Å². The van der Waals surface area contributed by atoms with Gasteiger partial charge in [-0.05, 0) is 25.1 Å². The number of rotatable bonds is 4. The predicted octanol–water partition coefficient (Wildman–Crippen LogP) is 1.90. The number of anilines is 1. The molecule has 31 heavy (non-hydrogen) atoms. The topological polar surface area (TPSA) is 98.7 Å². The van der Waals surface area contributed by atoms with Crippen molar-refractivity contribution < 1.29 is 14.4 Å². The Morgan fingerprint density at radius 2 is 1.81 bits per heavy atom. The molecule has 1 aromatic carbocycles. The first-order valence-electron chi connectivity index (χ1n) is 9.69. The quantitative estimate of drug-likeness (QED) is 0.696. The summed E-state index contributed by atoms with van der Waals surface area (Å²) in [5.41, 5.74) is -0.953. The number of aromatic nitrogens is 2. The zero-order chi connectivity index (χ0) is 22.2. The van der Waals surface area contributed by atoms with Gasteiger partial charge >= 0.3 is 6.03 Å². The van der Waals surface area contributed by atoms with E-state index >= 15 is 0 Å². The first-order chi connectivity index (χ1) is 14.8. The van der Waals surface area contributed by atoms with Crippen LogP contribution in [-0.2, 0) is 15.1 Å². The summed E-state index contributed by atoms with van der Waals surface area (Å²) in [5, 5.41) is 3.34. The highest BCUT2D eigenvalue weighted by Crippen LogP contribution is 2.35. The van der Waals surface area contributed by atoms with Crippen LogP contribution < -0.4 is 10.2 Å². The molecule has 9 nitrogen and oxygen atoms in total. The van der Waals surface area contributed by atoms with Crippen LogP contribution in [0.2, 0.25) is 10.0 Å². The van der Waals surface area contributed by atoms with Crippen molar-refractivity contribution in [2.45, 2.75) is 12.5 Å². The third-order valence-electron chi connectivity index (χ3n) is 5.51. The van der Waals surface area contributed by atoms with E-state index in [1.54, 1.807) is 42.4 Å². The molecule has 2 aliphatic heterocycles. The van der Waals surface area contributed by atoms with E-state index in [9.17, 15) is 14.4 Å². The molecule has 0 bridgehead atoms. The van der Waals surface area contributed by atoms with Gasteiger partial charge in [0.05, 0.1) is 0 Å². The summed E-state index contributed by atoms with van der Waals surface area (Å²) in [7, 11) is 0. The van der Waals surface area contributed by atoms with Crippen LogP contribution in [0.1, 0.15) is 12.5 Å². The van der Waals surface area contributed by atoms with Gasteiger partial charge in [0.1, 0.15) is 12.1 Å². The standard InChI is InChI=1S/C20H20Cl2N6O3/c1-20(14-4-3-13(21)11-15(14)22)17(30)28(19(31)25-20)12-16(29)26-7-9-27(10-8-26)18-23-5-2-6-24-18/h2-6,11H,7-10,12H2,1H3,(H,25,31). The Morgan fingerprint density at radius 3 is 2.45 bits per heavy atom. The lowest BCUT2D eigenvalue weighted by molar-refractivity contribution is -0.139. The molecule has 0 spiro atoms. The molecule has 0 saturated carbocycles. The average Bonchev–Trinajstić information content (AvgIpc) is 2.98. The van der Waals surface area contributed by atoms with Gasteiger partial charge in [-0.2, -0.15) is 0 Å². The number of nitrogens with zero attached hydrogens (tertiary/aromatic N) is 5. The number of piperazine rings is 1. The Kier molecular flexibility index (Phi) is 5.72. The summed E-state index contributed by atoms with van der Waals surface area (Å²) in [6, 6.07) is 5.80. The first-order valence-corrected chi connectivity index (χ1v) is 10.4. The number of amides is 4. The van der Waals surface area contributed by atoms with Crippen LogP contribution in [0.4, 0.5) is 10.7 Å². The van der Waals surface area contributed by atoms with E-state index in [1.807, 2.05) is 4.90 Å². The van der Waals surface area contributed by atoms with Crippen molar-refractivity contribution in [2.24, 2.45) is 0 Å². The average molecular weight is 463 g/mol. The van der Waals surface area contributed by atoms with Gasteiger partial charge in [-0.3, -0.25) is 14.5 Å². The Morgan fingerprint density at radius 1 is 1.13 bits per heavy atom. The normalized spacial score (nSPS) is 21.5. The van der Waals surface area contributed by atoms with Gasteiger partial charge in [-0.25, -0.2) is 14.8 Å². The molecule has 2 aromatic rings. The number of hydrogen-bond acceptors (Lipinski definition) is 6. The molecule has 4 amide bonds. The smallest absolute Gasteiger partial charge is 0.325 e.